The third-order valence-corrected chi connectivity index (χ3v) is 3.56. The van der Waals surface area contributed by atoms with Gasteiger partial charge in [0.05, 0.1) is 25.5 Å². The molecular weight excluding hydrogens is 332 g/mol. The van der Waals surface area contributed by atoms with E-state index < -0.39 is 5.91 Å². The number of halogens is 1. The van der Waals surface area contributed by atoms with Crippen LogP contribution >= 0.6 is 11.6 Å². The second-order valence-electron chi connectivity index (χ2n) is 4.87. The number of benzene rings is 2. The Balaban J connectivity index is 2.19. The van der Waals surface area contributed by atoms with Gasteiger partial charge in [-0.1, -0.05) is 11.6 Å². The predicted molar refractivity (Wildman–Crippen MR) is 92.3 cm³/mol. The molecule has 126 valence electrons. The average molecular weight is 349 g/mol. The smallest absolute Gasteiger partial charge is 0.275 e. The molecule has 24 heavy (non-hydrogen) atoms. The summed E-state index contributed by atoms with van der Waals surface area (Å²) >= 11 is 5.83. The lowest BCUT2D eigenvalue weighted by Crippen LogP contribution is -2.19. The van der Waals surface area contributed by atoms with Crippen LogP contribution in [-0.2, 0) is 0 Å². The van der Waals surface area contributed by atoms with E-state index in [4.69, 9.17) is 21.1 Å². The lowest BCUT2D eigenvalue weighted by atomic mass is 10.1. The van der Waals surface area contributed by atoms with Gasteiger partial charge in [0, 0.05) is 10.6 Å². The van der Waals surface area contributed by atoms with Crippen molar-refractivity contribution in [2.24, 2.45) is 5.10 Å². The van der Waals surface area contributed by atoms with Crippen molar-refractivity contribution >= 4 is 23.2 Å². The fraction of sp³-hybridized carbons (Fsp3) is 0.176. The number of carbonyl (C=O) groups excluding carboxylic acids is 1. The van der Waals surface area contributed by atoms with Gasteiger partial charge in [0.15, 0.2) is 11.5 Å². The molecule has 6 nitrogen and oxygen atoms in total. The van der Waals surface area contributed by atoms with Crippen LogP contribution in [0.5, 0.6) is 17.2 Å². The zero-order valence-corrected chi connectivity index (χ0v) is 14.2. The van der Waals surface area contributed by atoms with Gasteiger partial charge in [0.25, 0.3) is 5.91 Å². The van der Waals surface area contributed by atoms with E-state index >= 15 is 0 Å². The maximum Gasteiger partial charge on any atom is 0.275 e. The van der Waals surface area contributed by atoms with Crippen LogP contribution in [0.2, 0.25) is 5.02 Å². The molecule has 0 spiro atoms. The van der Waals surface area contributed by atoms with Crippen molar-refractivity contribution in [2.45, 2.75) is 6.92 Å². The van der Waals surface area contributed by atoms with Gasteiger partial charge >= 0.3 is 0 Å². The zero-order chi connectivity index (χ0) is 17.7. The molecule has 0 atom stereocenters. The van der Waals surface area contributed by atoms with Gasteiger partial charge in [-0.2, -0.15) is 5.10 Å². The van der Waals surface area contributed by atoms with E-state index in [9.17, 15) is 9.90 Å². The Bertz CT molecular complexity index is 790. The number of aromatic hydroxyl groups is 1. The van der Waals surface area contributed by atoms with Crippen molar-refractivity contribution in [3.63, 3.8) is 0 Å². The fourth-order valence-electron chi connectivity index (χ4n) is 2.01. The minimum Gasteiger partial charge on any atom is -0.507 e. The molecule has 2 rings (SSSR count). The van der Waals surface area contributed by atoms with Gasteiger partial charge in [-0.15, -0.1) is 0 Å². The number of phenols is 1. The number of rotatable bonds is 5. The number of phenolic OH excluding ortho intramolecular Hbond substituents is 1. The van der Waals surface area contributed by atoms with E-state index in [1.807, 2.05) is 0 Å². The minimum atomic E-state index is -0.560. The van der Waals surface area contributed by atoms with Crippen LogP contribution < -0.4 is 14.9 Å². The van der Waals surface area contributed by atoms with Crippen LogP contribution in [0.25, 0.3) is 0 Å². The summed E-state index contributed by atoms with van der Waals surface area (Å²) in [5.41, 5.74) is 3.75. The first-order chi connectivity index (χ1) is 11.5. The van der Waals surface area contributed by atoms with E-state index in [-0.39, 0.29) is 11.3 Å². The highest BCUT2D eigenvalue weighted by Crippen LogP contribution is 2.27. The summed E-state index contributed by atoms with van der Waals surface area (Å²) in [7, 11) is 3.09. The normalized spacial score (nSPS) is 11.1. The van der Waals surface area contributed by atoms with E-state index in [0.717, 1.165) is 5.56 Å². The number of nitrogens with one attached hydrogen (secondary N) is 1. The summed E-state index contributed by atoms with van der Waals surface area (Å²) in [6, 6.07) is 9.50. The van der Waals surface area contributed by atoms with Crippen molar-refractivity contribution in [3.05, 3.63) is 52.5 Å². The highest BCUT2D eigenvalue weighted by molar-refractivity contribution is 6.31. The molecule has 0 heterocycles. The third kappa shape index (κ3) is 3.97. The number of hydrogen-bond donors (Lipinski definition) is 2. The Labute approximate surface area is 144 Å². The molecular formula is C17H17ClN2O4. The number of hydrazone groups is 1. The molecule has 7 heteroatoms. The number of hydrogen-bond acceptors (Lipinski definition) is 5. The van der Waals surface area contributed by atoms with Crippen LogP contribution in [0.15, 0.2) is 41.5 Å². The van der Waals surface area contributed by atoms with Crippen molar-refractivity contribution in [1.82, 2.24) is 5.43 Å². The minimum absolute atomic E-state index is 0.0476. The van der Waals surface area contributed by atoms with Crippen LogP contribution in [0.4, 0.5) is 0 Å². The summed E-state index contributed by atoms with van der Waals surface area (Å²) in [5, 5.41) is 14.1. The first-order valence-corrected chi connectivity index (χ1v) is 7.39. The molecule has 2 aromatic rings. The summed E-state index contributed by atoms with van der Waals surface area (Å²) in [6.07, 6.45) is 0. The molecule has 0 radical (unpaired) electrons. The van der Waals surface area contributed by atoms with Gasteiger partial charge in [-0.05, 0) is 43.3 Å². The molecule has 0 aromatic heterocycles. The summed E-state index contributed by atoms with van der Waals surface area (Å²) < 4.78 is 10.4. The van der Waals surface area contributed by atoms with Gasteiger partial charge in [-0.25, -0.2) is 5.43 Å². The second-order valence-corrected chi connectivity index (χ2v) is 5.31. The first kappa shape index (κ1) is 17.6. The summed E-state index contributed by atoms with van der Waals surface area (Å²) in [6.45, 7) is 1.74. The van der Waals surface area contributed by atoms with Gasteiger partial charge in [-0.3, -0.25) is 4.79 Å². The molecule has 2 N–H and O–H groups in total. The quantitative estimate of drug-likeness (QED) is 0.642. The molecule has 0 bridgehead atoms. The third-order valence-electron chi connectivity index (χ3n) is 3.33. The number of nitrogens with zero attached hydrogens (tertiary/aromatic N) is 1. The molecule has 0 saturated heterocycles. The highest BCUT2D eigenvalue weighted by atomic mass is 35.5. The Morgan fingerprint density at radius 2 is 1.83 bits per heavy atom. The highest BCUT2D eigenvalue weighted by Gasteiger charge is 2.12. The standard InChI is InChI=1S/C17H17ClN2O4/c1-10(11-4-7-15(23-2)16(8-11)24-3)19-20-17(22)13-9-12(18)5-6-14(13)21/h4-9,21H,1-3H3,(H,20,22). The van der Waals surface area contributed by atoms with Crippen molar-refractivity contribution in [2.75, 3.05) is 14.2 Å². The predicted octanol–water partition coefficient (Wildman–Crippen LogP) is 3.22. The van der Waals surface area contributed by atoms with E-state index in [2.05, 4.69) is 10.5 Å². The summed E-state index contributed by atoms with van der Waals surface area (Å²) in [5.74, 6) is 0.427. The van der Waals surface area contributed by atoms with Crippen LogP contribution in [0.3, 0.4) is 0 Å². The summed E-state index contributed by atoms with van der Waals surface area (Å²) in [4.78, 5) is 12.1. The van der Waals surface area contributed by atoms with Gasteiger partial charge < -0.3 is 14.6 Å². The number of methoxy groups -OCH3 is 2. The molecule has 0 aliphatic carbocycles. The van der Waals surface area contributed by atoms with E-state index in [1.54, 1.807) is 32.2 Å². The van der Waals surface area contributed by atoms with Crippen LogP contribution in [-0.4, -0.2) is 30.9 Å². The monoisotopic (exact) mass is 348 g/mol. The van der Waals surface area contributed by atoms with Crippen LogP contribution in [0, 0.1) is 0 Å². The van der Waals surface area contributed by atoms with Crippen molar-refractivity contribution in [1.29, 1.82) is 0 Å². The van der Waals surface area contributed by atoms with Crippen molar-refractivity contribution in [3.8, 4) is 17.2 Å². The van der Waals surface area contributed by atoms with Gasteiger partial charge in [0.1, 0.15) is 5.75 Å². The largest absolute Gasteiger partial charge is 0.507 e. The Hall–Kier alpha value is -2.73. The molecule has 0 fully saturated rings. The SMILES string of the molecule is COc1ccc(C(C)=NNC(=O)c2cc(Cl)ccc2O)cc1OC. The van der Waals surface area contributed by atoms with E-state index in [1.165, 1.54) is 25.3 Å². The van der Waals surface area contributed by atoms with Crippen LogP contribution in [0.1, 0.15) is 22.8 Å². The molecule has 0 aliphatic heterocycles. The molecule has 0 aliphatic rings. The fourth-order valence-corrected chi connectivity index (χ4v) is 2.18. The Morgan fingerprint density at radius 1 is 1.12 bits per heavy atom. The lowest BCUT2D eigenvalue weighted by Gasteiger charge is -2.09. The van der Waals surface area contributed by atoms with E-state index in [0.29, 0.717) is 22.2 Å². The zero-order valence-electron chi connectivity index (χ0n) is 13.5. The number of ether oxygens (including phenoxy) is 2. The lowest BCUT2D eigenvalue weighted by molar-refractivity contribution is 0.0952. The number of carbonyl (C=O) groups is 1. The molecule has 0 unspecified atom stereocenters. The average Bonchev–Trinajstić information content (AvgIpc) is 2.60. The molecule has 0 saturated carbocycles. The molecule has 2 aromatic carbocycles. The Morgan fingerprint density at radius 3 is 2.50 bits per heavy atom. The number of amides is 1. The topological polar surface area (TPSA) is 80.2 Å². The maximum absolute atomic E-state index is 12.1. The van der Waals surface area contributed by atoms with Crippen molar-refractivity contribution < 1.29 is 19.4 Å². The maximum atomic E-state index is 12.1. The first-order valence-electron chi connectivity index (χ1n) is 7.01. The Kier molecular flexibility index (Phi) is 5.65. The van der Waals surface area contributed by atoms with Gasteiger partial charge in [0.2, 0.25) is 0 Å². The molecule has 1 amide bonds. The second kappa shape index (κ2) is 7.70.